The normalized spacial score (nSPS) is 19.9. The van der Waals surface area contributed by atoms with Crippen LogP contribution >= 0.6 is 0 Å². The van der Waals surface area contributed by atoms with Gasteiger partial charge in [-0.25, -0.2) is 16.2 Å². The molecule has 82 heavy (non-hydrogen) atoms. The molecule has 8 rings (SSSR count). The Hall–Kier alpha value is -7.04. The van der Waals surface area contributed by atoms with Gasteiger partial charge in [-0.2, -0.15) is 0 Å². The minimum Gasteiger partial charge on any atom is -0.480 e. The Morgan fingerprint density at radius 2 is 0.939 bits per heavy atom. The summed E-state index contributed by atoms with van der Waals surface area (Å²) in [6.45, 7) is 16.5. The van der Waals surface area contributed by atoms with Gasteiger partial charge in [-0.15, -0.1) is 0 Å². The molecule has 4 saturated carbocycles. The van der Waals surface area contributed by atoms with Crippen molar-refractivity contribution in [2.45, 2.75) is 180 Å². The van der Waals surface area contributed by atoms with E-state index in [4.69, 9.17) is 26.9 Å². The highest BCUT2D eigenvalue weighted by Crippen LogP contribution is 2.41. The molecule has 444 valence electrons. The molecule has 2 unspecified atom stereocenters. The Bertz CT molecular complexity index is 2510. The van der Waals surface area contributed by atoms with Crippen molar-refractivity contribution in [1.82, 2.24) is 0 Å². The fourth-order valence-electron chi connectivity index (χ4n) is 11.4. The third kappa shape index (κ3) is 25.0. The van der Waals surface area contributed by atoms with Gasteiger partial charge in [0.25, 0.3) is 0 Å². The Morgan fingerprint density at radius 1 is 0.561 bits per heavy atom. The molecule has 13 heteroatoms. The van der Waals surface area contributed by atoms with Gasteiger partial charge in [-0.1, -0.05) is 141 Å². The molecule has 4 aliphatic carbocycles. The summed E-state index contributed by atoms with van der Waals surface area (Å²) in [7, 11) is 0. The molecule has 13 nitrogen and oxygen atoms in total. The standard InChI is InChI=1S/C18H24O3.C18H22O3.C14H19NO2.C12H14O.C5H7NO2.C2H6/c2*1-2-21-18(20)17(12-13-19)16-10-8-15(9-11-16)14-6-4-3-5-7-14;15-13(14(16)17)12-8-6-11(7-9-12)10-4-2-1-3-5-10;13-12-8-6-11(7-9-12)10-4-2-1-3-5-10;1-3-8-5(7)4-6-2;1-2/h3-7,13,15-17H,2,8-12H2,1H3;3-7,13,15H,2,8-12H2,1H3;1-5,11-13H,6-9,15H2,(H,16,17);1-5,11H,6-9H2;3-4H2,1H3;1-2H3. The van der Waals surface area contributed by atoms with E-state index in [1.54, 1.807) is 13.8 Å². The number of Topliss-reactive ketones (excluding diaryl/α,β-unsaturated/α-hetero) is 1. The fraction of sp³-hybridized carbons (Fsp3) is 0.507. The van der Waals surface area contributed by atoms with Crippen molar-refractivity contribution >= 4 is 42.2 Å². The van der Waals surface area contributed by atoms with Crippen LogP contribution in [0, 0.1) is 24.3 Å². The first-order valence-electron chi connectivity index (χ1n) is 30.0. The summed E-state index contributed by atoms with van der Waals surface area (Å²) in [5, 5.41) is 8.89. The number of benzene rings is 4. The number of carboxylic acid groups (broad SMARTS) is 1. The summed E-state index contributed by atoms with van der Waals surface area (Å²) in [6, 6.07) is 41.3. The highest BCUT2D eigenvalue weighted by molar-refractivity contribution is 5.92. The molecule has 0 aliphatic heterocycles. The van der Waals surface area contributed by atoms with Crippen LogP contribution in [0.4, 0.5) is 0 Å². The lowest BCUT2D eigenvalue weighted by Gasteiger charge is -2.32. The quantitative estimate of drug-likeness (QED) is 0.0334. The minimum atomic E-state index is -0.867. The number of nitrogens with two attached hydrogens (primary N) is 1. The average molecular weight is 1130 g/mol. The molecule has 4 fully saturated rings. The number of carbonyl (C=O) groups excluding carboxylic acids is 6. The molecular weight excluding hydrogens is 1030 g/mol. The molecular formula is C69H92N2O11. The monoisotopic (exact) mass is 1120 g/mol. The molecule has 0 bridgehead atoms. The number of nitrogens with zero attached hydrogens (tertiary/aromatic N) is 1. The Balaban J connectivity index is 0.000000275. The Morgan fingerprint density at radius 3 is 1.29 bits per heavy atom. The van der Waals surface area contributed by atoms with E-state index in [-0.39, 0.29) is 42.7 Å². The number of allylic oxidation sites excluding steroid dienone is 1. The van der Waals surface area contributed by atoms with Gasteiger partial charge in [-0.3, -0.25) is 14.4 Å². The second-order valence-electron chi connectivity index (χ2n) is 20.9. The van der Waals surface area contributed by atoms with Crippen molar-refractivity contribution in [3.05, 3.63) is 166 Å². The lowest BCUT2D eigenvalue weighted by molar-refractivity contribution is -0.151. The highest BCUT2D eigenvalue weighted by atomic mass is 16.5. The van der Waals surface area contributed by atoms with Gasteiger partial charge in [-0.05, 0) is 168 Å². The lowest BCUT2D eigenvalue weighted by Crippen LogP contribution is -2.39. The summed E-state index contributed by atoms with van der Waals surface area (Å²) in [6.07, 6.45) is 17.7. The van der Waals surface area contributed by atoms with Crippen LogP contribution in [0.25, 0.3) is 4.85 Å². The molecule has 0 radical (unpaired) electrons. The summed E-state index contributed by atoms with van der Waals surface area (Å²) in [5.41, 5.74) is 12.9. The number of ketones is 1. The first kappa shape index (κ1) is 69.2. The SMILES string of the molecule is CC.CCOC(=O)C(CC=O)=C1CCC(c2ccccc2)CC1.CCOC(=O)C(CC=O)C1CCC(c2ccccc2)CC1.NC(C(=O)O)C1CCC(c2ccccc2)CC1.O=C1CCC(c2ccccc2)CC1.[C-]#[N+]CC(=O)OCC. The molecule has 4 aliphatic rings. The largest absolute Gasteiger partial charge is 0.480 e. The van der Waals surface area contributed by atoms with E-state index in [1.165, 1.54) is 22.3 Å². The van der Waals surface area contributed by atoms with Crippen LogP contribution in [0.15, 0.2) is 132 Å². The maximum Gasteiger partial charge on any atom is 0.387 e. The van der Waals surface area contributed by atoms with Gasteiger partial charge in [0, 0.05) is 31.3 Å². The van der Waals surface area contributed by atoms with Crippen LogP contribution in [-0.2, 0) is 47.8 Å². The number of hydrogen-bond donors (Lipinski definition) is 2. The lowest BCUT2D eigenvalue weighted by atomic mass is 9.73. The van der Waals surface area contributed by atoms with Crippen LogP contribution in [0.1, 0.15) is 196 Å². The predicted molar refractivity (Wildman–Crippen MR) is 323 cm³/mol. The van der Waals surface area contributed by atoms with Crippen LogP contribution in [0.3, 0.4) is 0 Å². The van der Waals surface area contributed by atoms with Crippen molar-refractivity contribution in [2.75, 3.05) is 26.4 Å². The van der Waals surface area contributed by atoms with Gasteiger partial charge in [0.1, 0.15) is 24.4 Å². The third-order valence-corrected chi connectivity index (χ3v) is 15.8. The van der Waals surface area contributed by atoms with Gasteiger partial charge in [0.05, 0.1) is 25.7 Å². The molecule has 0 heterocycles. The van der Waals surface area contributed by atoms with Gasteiger partial charge in [0.2, 0.25) is 0 Å². The fourth-order valence-corrected chi connectivity index (χ4v) is 11.4. The number of aldehydes is 2. The van der Waals surface area contributed by atoms with E-state index >= 15 is 0 Å². The number of esters is 3. The summed E-state index contributed by atoms with van der Waals surface area (Å²) < 4.78 is 14.6. The van der Waals surface area contributed by atoms with Gasteiger partial charge < -0.3 is 39.5 Å². The van der Waals surface area contributed by atoms with Crippen LogP contribution < -0.4 is 5.73 Å². The molecule has 0 aromatic heterocycles. The van der Waals surface area contributed by atoms with Gasteiger partial charge in [0.15, 0.2) is 0 Å². The van der Waals surface area contributed by atoms with E-state index in [1.807, 2.05) is 45.0 Å². The van der Waals surface area contributed by atoms with E-state index in [9.17, 15) is 33.6 Å². The number of carboxylic acids is 1. The maximum atomic E-state index is 12.0. The minimum absolute atomic E-state index is 0.146. The van der Waals surface area contributed by atoms with Crippen molar-refractivity contribution in [2.24, 2.45) is 23.5 Å². The average Bonchev–Trinajstić information content (AvgIpc) is 3.55. The zero-order valence-corrected chi connectivity index (χ0v) is 49.4. The van der Waals surface area contributed by atoms with E-state index in [0.717, 1.165) is 121 Å². The summed E-state index contributed by atoms with van der Waals surface area (Å²) >= 11 is 0. The third-order valence-electron chi connectivity index (χ3n) is 15.8. The highest BCUT2D eigenvalue weighted by Gasteiger charge is 2.34. The molecule has 0 saturated heterocycles. The zero-order valence-electron chi connectivity index (χ0n) is 49.4. The summed E-state index contributed by atoms with van der Waals surface area (Å²) in [5.74, 6) is 1.12. The van der Waals surface area contributed by atoms with Crippen molar-refractivity contribution in [1.29, 1.82) is 0 Å². The first-order valence-corrected chi connectivity index (χ1v) is 30.0. The van der Waals surface area contributed by atoms with E-state index < -0.39 is 18.0 Å². The van der Waals surface area contributed by atoms with Crippen LogP contribution in [0.2, 0.25) is 0 Å². The number of rotatable bonds is 17. The smallest absolute Gasteiger partial charge is 0.387 e. The van der Waals surface area contributed by atoms with Crippen LogP contribution in [-0.4, -0.2) is 79.7 Å². The van der Waals surface area contributed by atoms with E-state index in [0.29, 0.717) is 61.3 Å². The zero-order chi connectivity index (χ0) is 59.9. The van der Waals surface area contributed by atoms with Crippen molar-refractivity contribution in [3.63, 3.8) is 0 Å². The molecule has 3 N–H and O–H groups in total. The second kappa shape index (κ2) is 41.0. The molecule has 4 aromatic carbocycles. The topological polar surface area (TPSA) is 198 Å². The number of aliphatic carboxylic acids is 1. The number of carbonyl (C=O) groups is 7. The molecule has 4 aromatic rings. The predicted octanol–water partition coefficient (Wildman–Crippen LogP) is 14.3. The molecule has 0 spiro atoms. The summed E-state index contributed by atoms with van der Waals surface area (Å²) in [4.78, 5) is 80.5. The van der Waals surface area contributed by atoms with Crippen molar-refractivity contribution in [3.8, 4) is 0 Å². The second-order valence-corrected chi connectivity index (χ2v) is 20.9. The first-order chi connectivity index (χ1) is 39.9. The Kier molecular flexibility index (Phi) is 34.6. The number of ether oxygens (including phenoxy) is 3. The molecule has 0 amide bonds. The van der Waals surface area contributed by atoms with Crippen LogP contribution in [0.5, 0.6) is 0 Å². The van der Waals surface area contributed by atoms with Gasteiger partial charge >= 0.3 is 30.4 Å². The van der Waals surface area contributed by atoms with E-state index in [2.05, 4.69) is 107 Å². The number of hydrogen-bond acceptors (Lipinski definition) is 11. The Labute approximate surface area is 489 Å². The maximum absolute atomic E-state index is 12.0. The van der Waals surface area contributed by atoms with Crippen molar-refractivity contribution < 1.29 is 52.9 Å². The molecule has 2 atom stereocenters.